The summed E-state index contributed by atoms with van der Waals surface area (Å²) in [5.41, 5.74) is 0. The van der Waals surface area contributed by atoms with E-state index in [0.29, 0.717) is 12.5 Å². The van der Waals surface area contributed by atoms with E-state index in [2.05, 4.69) is 25.6 Å². The van der Waals surface area contributed by atoms with Gasteiger partial charge in [0, 0.05) is 7.11 Å². The maximum absolute atomic E-state index is 4.92. The van der Waals surface area contributed by atoms with Crippen LogP contribution < -0.4 is 0 Å². The van der Waals surface area contributed by atoms with E-state index in [0.717, 1.165) is 0 Å². The molecule has 0 aliphatic rings. The molecule has 0 spiro atoms. The Morgan fingerprint density at radius 2 is 2.11 bits per heavy atom. The van der Waals surface area contributed by atoms with E-state index in [9.17, 15) is 0 Å². The Bertz CT molecular complexity index is 81.0. The number of hydrogen-bond acceptors (Lipinski definition) is 2. The molecule has 2 nitrogen and oxygen atoms in total. The maximum Gasteiger partial charge on any atom is 0.0748 e. The standard InChI is InChI=1S/C7H15NO/c1-6(2)7(8-3)5-9-4/h6-7H,3,5H2,1-2,4H3/t7-/m1/s1. The van der Waals surface area contributed by atoms with Crippen molar-refractivity contribution in [3.8, 4) is 0 Å². The molecule has 0 aromatic heterocycles. The minimum absolute atomic E-state index is 0.259. The average molecular weight is 129 g/mol. The van der Waals surface area contributed by atoms with Crippen LogP contribution in [0.1, 0.15) is 13.8 Å². The van der Waals surface area contributed by atoms with Gasteiger partial charge >= 0.3 is 0 Å². The molecule has 9 heavy (non-hydrogen) atoms. The Kier molecular flexibility index (Phi) is 4.32. The van der Waals surface area contributed by atoms with Crippen molar-refractivity contribution in [2.24, 2.45) is 10.9 Å². The molecule has 0 fully saturated rings. The zero-order valence-corrected chi connectivity index (χ0v) is 6.42. The van der Waals surface area contributed by atoms with Gasteiger partial charge in [-0.1, -0.05) is 13.8 Å². The van der Waals surface area contributed by atoms with Crippen molar-refractivity contribution >= 4 is 6.72 Å². The average Bonchev–Trinajstić information content (AvgIpc) is 1.82. The van der Waals surface area contributed by atoms with Gasteiger partial charge in [0.2, 0.25) is 0 Å². The number of nitrogens with zero attached hydrogens (tertiary/aromatic N) is 1. The van der Waals surface area contributed by atoms with E-state index in [-0.39, 0.29) is 6.04 Å². The molecule has 0 N–H and O–H groups in total. The van der Waals surface area contributed by atoms with Gasteiger partial charge in [0.15, 0.2) is 0 Å². The summed E-state index contributed by atoms with van der Waals surface area (Å²) in [4.78, 5) is 3.90. The van der Waals surface area contributed by atoms with E-state index < -0.39 is 0 Å². The smallest absolute Gasteiger partial charge is 0.0748 e. The summed E-state index contributed by atoms with van der Waals surface area (Å²) in [6, 6.07) is 0.259. The van der Waals surface area contributed by atoms with Gasteiger partial charge in [-0.3, -0.25) is 4.99 Å². The third kappa shape index (κ3) is 3.25. The number of ether oxygens (including phenoxy) is 1. The van der Waals surface area contributed by atoms with Crippen molar-refractivity contribution in [1.29, 1.82) is 0 Å². The fraction of sp³-hybridized carbons (Fsp3) is 0.857. The fourth-order valence-electron chi connectivity index (χ4n) is 0.627. The summed E-state index contributed by atoms with van der Waals surface area (Å²) in [6.45, 7) is 8.37. The topological polar surface area (TPSA) is 21.6 Å². The van der Waals surface area contributed by atoms with Gasteiger partial charge in [0.05, 0.1) is 12.6 Å². The first-order chi connectivity index (χ1) is 4.22. The summed E-state index contributed by atoms with van der Waals surface area (Å²) >= 11 is 0. The van der Waals surface area contributed by atoms with Gasteiger partial charge in [-0.25, -0.2) is 0 Å². The first-order valence-corrected chi connectivity index (χ1v) is 3.17. The van der Waals surface area contributed by atoms with Crippen molar-refractivity contribution in [3.05, 3.63) is 0 Å². The van der Waals surface area contributed by atoms with Crippen LogP contribution in [0.25, 0.3) is 0 Å². The third-order valence-electron chi connectivity index (χ3n) is 1.34. The van der Waals surface area contributed by atoms with Gasteiger partial charge in [-0.15, -0.1) is 0 Å². The number of aliphatic imine (C=N–C) groups is 1. The van der Waals surface area contributed by atoms with E-state index >= 15 is 0 Å². The molecule has 2 heteroatoms. The minimum Gasteiger partial charge on any atom is -0.382 e. The zero-order chi connectivity index (χ0) is 7.28. The predicted octanol–water partition coefficient (Wildman–Crippen LogP) is 1.36. The zero-order valence-electron chi connectivity index (χ0n) is 6.42. The molecule has 0 heterocycles. The molecule has 0 aromatic carbocycles. The molecule has 1 atom stereocenters. The van der Waals surface area contributed by atoms with E-state index in [1.54, 1.807) is 7.11 Å². The largest absolute Gasteiger partial charge is 0.382 e. The van der Waals surface area contributed by atoms with Crippen molar-refractivity contribution < 1.29 is 4.74 Å². The lowest BCUT2D eigenvalue weighted by Crippen LogP contribution is -2.18. The molecule has 0 radical (unpaired) electrons. The molecule has 0 aromatic rings. The van der Waals surface area contributed by atoms with E-state index in [4.69, 9.17) is 4.74 Å². The Labute approximate surface area is 56.9 Å². The second kappa shape index (κ2) is 4.50. The quantitative estimate of drug-likeness (QED) is 0.525. The Morgan fingerprint density at radius 1 is 1.56 bits per heavy atom. The highest BCUT2D eigenvalue weighted by Crippen LogP contribution is 2.04. The monoisotopic (exact) mass is 129 g/mol. The summed E-state index contributed by atoms with van der Waals surface area (Å²) < 4.78 is 4.92. The molecule has 0 saturated carbocycles. The maximum atomic E-state index is 4.92. The van der Waals surface area contributed by atoms with Gasteiger partial charge in [-0.05, 0) is 12.6 Å². The number of methoxy groups -OCH3 is 1. The van der Waals surface area contributed by atoms with E-state index in [1.165, 1.54) is 0 Å². The van der Waals surface area contributed by atoms with E-state index in [1.807, 2.05) is 0 Å². The molecule has 0 aliphatic carbocycles. The molecule has 0 aliphatic heterocycles. The van der Waals surface area contributed by atoms with Crippen LogP contribution >= 0.6 is 0 Å². The Morgan fingerprint density at radius 3 is 2.22 bits per heavy atom. The Balaban J connectivity index is 3.54. The first-order valence-electron chi connectivity index (χ1n) is 3.17. The lowest BCUT2D eigenvalue weighted by molar-refractivity contribution is 0.165. The van der Waals surface area contributed by atoms with Crippen molar-refractivity contribution in [3.63, 3.8) is 0 Å². The summed E-state index contributed by atoms with van der Waals surface area (Å²) in [5, 5.41) is 0. The SMILES string of the molecule is C=N[C@H](COC)C(C)C. The van der Waals surface area contributed by atoms with Crippen LogP contribution in [0.2, 0.25) is 0 Å². The molecule has 0 unspecified atom stereocenters. The molecule has 0 saturated heterocycles. The lowest BCUT2D eigenvalue weighted by Gasteiger charge is -2.13. The van der Waals surface area contributed by atoms with Crippen molar-refractivity contribution in [2.75, 3.05) is 13.7 Å². The normalized spacial score (nSPS) is 13.8. The Hall–Kier alpha value is -0.370. The summed E-state index contributed by atoms with van der Waals surface area (Å²) in [5.74, 6) is 0.530. The second-order valence-corrected chi connectivity index (χ2v) is 2.45. The van der Waals surface area contributed by atoms with Gasteiger partial charge < -0.3 is 4.74 Å². The predicted molar refractivity (Wildman–Crippen MR) is 40.1 cm³/mol. The van der Waals surface area contributed by atoms with Gasteiger partial charge in [0.1, 0.15) is 0 Å². The third-order valence-corrected chi connectivity index (χ3v) is 1.34. The summed E-state index contributed by atoms with van der Waals surface area (Å²) in [6.07, 6.45) is 0. The molecular weight excluding hydrogens is 114 g/mol. The highest BCUT2D eigenvalue weighted by molar-refractivity contribution is 5.24. The molecule has 0 amide bonds. The summed E-state index contributed by atoms with van der Waals surface area (Å²) in [7, 11) is 1.68. The highest BCUT2D eigenvalue weighted by Gasteiger charge is 2.08. The van der Waals surface area contributed by atoms with Crippen LogP contribution in [0.3, 0.4) is 0 Å². The van der Waals surface area contributed by atoms with Gasteiger partial charge in [0.25, 0.3) is 0 Å². The van der Waals surface area contributed by atoms with Crippen molar-refractivity contribution in [1.82, 2.24) is 0 Å². The number of rotatable bonds is 4. The van der Waals surface area contributed by atoms with Crippen LogP contribution in [-0.2, 0) is 4.74 Å². The van der Waals surface area contributed by atoms with Gasteiger partial charge in [-0.2, -0.15) is 0 Å². The molecule has 0 rings (SSSR count). The molecule has 0 bridgehead atoms. The first kappa shape index (κ1) is 8.63. The van der Waals surface area contributed by atoms with Crippen LogP contribution in [0.5, 0.6) is 0 Å². The molecule has 54 valence electrons. The van der Waals surface area contributed by atoms with Crippen LogP contribution in [-0.4, -0.2) is 26.5 Å². The minimum atomic E-state index is 0.259. The second-order valence-electron chi connectivity index (χ2n) is 2.45. The van der Waals surface area contributed by atoms with Crippen molar-refractivity contribution in [2.45, 2.75) is 19.9 Å². The lowest BCUT2D eigenvalue weighted by atomic mass is 10.1. The van der Waals surface area contributed by atoms with Crippen LogP contribution in [0.15, 0.2) is 4.99 Å². The van der Waals surface area contributed by atoms with Crippen LogP contribution in [0.4, 0.5) is 0 Å². The number of hydrogen-bond donors (Lipinski definition) is 0. The van der Waals surface area contributed by atoms with Crippen LogP contribution in [0, 0.1) is 5.92 Å². The highest BCUT2D eigenvalue weighted by atomic mass is 16.5. The fourth-order valence-corrected chi connectivity index (χ4v) is 0.627. The molecular formula is C7H15NO.